The summed E-state index contributed by atoms with van der Waals surface area (Å²) in [6, 6.07) is 8.50. The molecule has 0 spiro atoms. The second-order valence-electron chi connectivity index (χ2n) is 5.65. The molecule has 0 fully saturated rings. The highest BCUT2D eigenvalue weighted by atomic mass is 16.5. The zero-order chi connectivity index (χ0) is 13.8. The minimum absolute atomic E-state index is 0.0230. The van der Waals surface area contributed by atoms with Gasteiger partial charge in [0.25, 0.3) is 0 Å². The summed E-state index contributed by atoms with van der Waals surface area (Å²) >= 11 is 0. The first-order valence-electron chi connectivity index (χ1n) is 6.54. The Labute approximate surface area is 111 Å². The molecule has 0 aliphatic heterocycles. The standard InChI is InChI=1S/C15H26N2O/c1-11(2)18-13-8-6-12(7-9-13)14(17-5)15(3,4)10-16/h6-9,11,14,17H,10,16H2,1-5H3. The van der Waals surface area contributed by atoms with Crippen molar-refractivity contribution in [2.45, 2.75) is 39.8 Å². The summed E-state index contributed by atoms with van der Waals surface area (Å²) in [6.45, 7) is 9.05. The molecule has 0 saturated carbocycles. The van der Waals surface area contributed by atoms with Crippen LogP contribution in [0, 0.1) is 5.41 Å². The highest BCUT2D eigenvalue weighted by Crippen LogP contribution is 2.32. The van der Waals surface area contributed by atoms with Crippen molar-refractivity contribution >= 4 is 0 Å². The summed E-state index contributed by atoms with van der Waals surface area (Å²) in [5.74, 6) is 0.911. The van der Waals surface area contributed by atoms with Crippen molar-refractivity contribution in [1.29, 1.82) is 0 Å². The number of rotatable bonds is 6. The first-order chi connectivity index (χ1) is 8.40. The summed E-state index contributed by atoms with van der Waals surface area (Å²) in [7, 11) is 1.97. The topological polar surface area (TPSA) is 47.3 Å². The van der Waals surface area contributed by atoms with Gasteiger partial charge in [-0.1, -0.05) is 26.0 Å². The van der Waals surface area contributed by atoms with Gasteiger partial charge in [0.05, 0.1) is 6.10 Å². The Morgan fingerprint density at radius 3 is 2.17 bits per heavy atom. The molecule has 3 nitrogen and oxygen atoms in total. The van der Waals surface area contributed by atoms with E-state index in [4.69, 9.17) is 10.5 Å². The van der Waals surface area contributed by atoms with E-state index in [1.807, 2.05) is 33.0 Å². The molecule has 0 amide bonds. The van der Waals surface area contributed by atoms with E-state index in [2.05, 4.69) is 31.3 Å². The molecule has 0 saturated heterocycles. The van der Waals surface area contributed by atoms with Crippen LogP contribution >= 0.6 is 0 Å². The molecule has 18 heavy (non-hydrogen) atoms. The van der Waals surface area contributed by atoms with E-state index in [0.717, 1.165) is 5.75 Å². The maximum Gasteiger partial charge on any atom is 0.119 e. The molecule has 1 aromatic carbocycles. The smallest absolute Gasteiger partial charge is 0.119 e. The molecule has 0 aliphatic carbocycles. The number of hydrogen-bond acceptors (Lipinski definition) is 3. The van der Waals surface area contributed by atoms with Crippen LogP contribution in [-0.2, 0) is 0 Å². The molecule has 1 aromatic rings. The van der Waals surface area contributed by atoms with Gasteiger partial charge >= 0.3 is 0 Å². The first-order valence-corrected chi connectivity index (χ1v) is 6.54. The van der Waals surface area contributed by atoms with Gasteiger partial charge in [0.15, 0.2) is 0 Å². The van der Waals surface area contributed by atoms with Crippen molar-refractivity contribution in [3.05, 3.63) is 29.8 Å². The molecule has 1 atom stereocenters. The minimum Gasteiger partial charge on any atom is -0.491 e. The zero-order valence-corrected chi connectivity index (χ0v) is 12.2. The number of ether oxygens (including phenoxy) is 1. The predicted molar refractivity (Wildman–Crippen MR) is 76.8 cm³/mol. The lowest BCUT2D eigenvalue weighted by Gasteiger charge is -2.33. The summed E-state index contributed by atoms with van der Waals surface area (Å²) in [4.78, 5) is 0. The van der Waals surface area contributed by atoms with Crippen LogP contribution in [0.3, 0.4) is 0 Å². The van der Waals surface area contributed by atoms with E-state index in [9.17, 15) is 0 Å². The van der Waals surface area contributed by atoms with Crippen LogP contribution in [0.15, 0.2) is 24.3 Å². The lowest BCUT2D eigenvalue weighted by molar-refractivity contribution is 0.241. The highest BCUT2D eigenvalue weighted by Gasteiger charge is 2.28. The summed E-state index contributed by atoms with van der Waals surface area (Å²) < 4.78 is 5.65. The lowest BCUT2D eigenvalue weighted by atomic mass is 9.80. The van der Waals surface area contributed by atoms with Crippen LogP contribution < -0.4 is 15.8 Å². The minimum atomic E-state index is 0.0230. The number of hydrogen-bond donors (Lipinski definition) is 2. The second-order valence-corrected chi connectivity index (χ2v) is 5.65. The Balaban J connectivity index is 2.89. The highest BCUT2D eigenvalue weighted by molar-refractivity contribution is 5.30. The van der Waals surface area contributed by atoms with Crippen LogP contribution in [0.1, 0.15) is 39.3 Å². The van der Waals surface area contributed by atoms with Gasteiger partial charge in [-0.05, 0) is 50.6 Å². The van der Waals surface area contributed by atoms with Crippen molar-refractivity contribution in [3.8, 4) is 5.75 Å². The van der Waals surface area contributed by atoms with Crippen LogP contribution in [-0.4, -0.2) is 19.7 Å². The van der Waals surface area contributed by atoms with E-state index in [0.29, 0.717) is 6.54 Å². The maximum absolute atomic E-state index is 5.85. The molecule has 0 bridgehead atoms. The summed E-state index contributed by atoms with van der Waals surface area (Å²) in [6.07, 6.45) is 0.205. The average molecular weight is 250 g/mol. The quantitative estimate of drug-likeness (QED) is 0.816. The van der Waals surface area contributed by atoms with E-state index in [1.165, 1.54) is 5.56 Å². The first kappa shape index (κ1) is 15.0. The second kappa shape index (κ2) is 6.21. The van der Waals surface area contributed by atoms with Gasteiger partial charge in [-0.25, -0.2) is 0 Å². The summed E-state index contributed by atoms with van der Waals surface area (Å²) in [5.41, 5.74) is 7.11. The van der Waals surface area contributed by atoms with Gasteiger partial charge in [0.2, 0.25) is 0 Å². The monoisotopic (exact) mass is 250 g/mol. The third-order valence-electron chi connectivity index (χ3n) is 3.18. The fourth-order valence-corrected chi connectivity index (χ4v) is 2.14. The Morgan fingerprint density at radius 1 is 1.22 bits per heavy atom. The van der Waals surface area contributed by atoms with Crippen molar-refractivity contribution in [1.82, 2.24) is 5.32 Å². The molecular formula is C15H26N2O. The molecule has 0 radical (unpaired) electrons. The maximum atomic E-state index is 5.85. The molecule has 0 heterocycles. The molecular weight excluding hydrogens is 224 g/mol. The fourth-order valence-electron chi connectivity index (χ4n) is 2.14. The average Bonchev–Trinajstić information content (AvgIpc) is 2.31. The lowest BCUT2D eigenvalue weighted by Crippen LogP contribution is -2.37. The van der Waals surface area contributed by atoms with Gasteiger partial charge in [-0.2, -0.15) is 0 Å². The third kappa shape index (κ3) is 3.72. The van der Waals surface area contributed by atoms with Gasteiger partial charge < -0.3 is 15.8 Å². The van der Waals surface area contributed by atoms with Crippen molar-refractivity contribution in [2.75, 3.05) is 13.6 Å². The zero-order valence-electron chi connectivity index (χ0n) is 12.2. The Morgan fingerprint density at radius 2 is 1.78 bits per heavy atom. The Kier molecular flexibility index (Phi) is 5.17. The fraction of sp³-hybridized carbons (Fsp3) is 0.600. The molecule has 3 N–H and O–H groups in total. The SMILES string of the molecule is CNC(c1ccc(OC(C)C)cc1)C(C)(C)CN. The Bertz CT molecular complexity index is 357. The molecule has 0 aliphatic rings. The number of nitrogens with two attached hydrogens (primary N) is 1. The van der Waals surface area contributed by atoms with E-state index < -0.39 is 0 Å². The van der Waals surface area contributed by atoms with E-state index in [-0.39, 0.29) is 17.6 Å². The third-order valence-corrected chi connectivity index (χ3v) is 3.18. The van der Waals surface area contributed by atoms with Crippen molar-refractivity contribution in [3.63, 3.8) is 0 Å². The van der Waals surface area contributed by atoms with Crippen LogP contribution in [0.25, 0.3) is 0 Å². The van der Waals surface area contributed by atoms with Gasteiger partial charge in [0, 0.05) is 6.04 Å². The van der Waals surface area contributed by atoms with Gasteiger partial charge in [-0.15, -0.1) is 0 Å². The molecule has 3 heteroatoms. The van der Waals surface area contributed by atoms with Crippen LogP contribution in [0.2, 0.25) is 0 Å². The van der Waals surface area contributed by atoms with Crippen LogP contribution in [0.4, 0.5) is 0 Å². The molecule has 0 aromatic heterocycles. The van der Waals surface area contributed by atoms with Crippen LogP contribution in [0.5, 0.6) is 5.75 Å². The van der Waals surface area contributed by atoms with Crippen molar-refractivity contribution < 1.29 is 4.74 Å². The van der Waals surface area contributed by atoms with Crippen molar-refractivity contribution in [2.24, 2.45) is 11.1 Å². The van der Waals surface area contributed by atoms with E-state index in [1.54, 1.807) is 0 Å². The Hall–Kier alpha value is -1.06. The molecule has 102 valence electrons. The predicted octanol–water partition coefficient (Wildman–Crippen LogP) is 2.72. The molecule has 1 rings (SSSR count). The molecule has 1 unspecified atom stereocenters. The number of benzene rings is 1. The van der Waals surface area contributed by atoms with Gasteiger partial charge in [0.1, 0.15) is 5.75 Å². The number of nitrogens with one attached hydrogen (secondary N) is 1. The largest absolute Gasteiger partial charge is 0.491 e. The van der Waals surface area contributed by atoms with E-state index >= 15 is 0 Å². The normalized spacial score (nSPS) is 13.7. The van der Waals surface area contributed by atoms with Gasteiger partial charge in [-0.3, -0.25) is 0 Å². The summed E-state index contributed by atoms with van der Waals surface area (Å²) in [5, 5.41) is 3.35.